The first-order chi connectivity index (χ1) is 7.52. The second-order valence-electron chi connectivity index (χ2n) is 4.24. The highest BCUT2D eigenvalue weighted by Crippen LogP contribution is 2.22. The van der Waals surface area contributed by atoms with Crippen LogP contribution in [0.3, 0.4) is 0 Å². The SMILES string of the molecule is CC(CO)CSc1cc(N)nc(C(C)C)n1. The lowest BCUT2D eigenvalue weighted by molar-refractivity contribution is 0.250. The zero-order valence-corrected chi connectivity index (χ0v) is 10.8. The van der Waals surface area contributed by atoms with Gasteiger partial charge in [-0.1, -0.05) is 20.8 Å². The minimum atomic E-state index is 0.199. The van der Waals surface area contributed by atoms with Gasteiger partial charge in [0, 0.05) is 24.3 Å². The number of hydrogen-bond acceptors (Lipinski definition) is 5. The summed E-state index contributed by atoms with van der Waals surface area (Å²) in [5.41, 5.74) is 5.72. The molecule has 0 saturated carbocycles. The predicted molar refractivity (Wildman–Crippen MR) is 67.5 cm³/mol. The summed E-state index contributed by atoms with van der Waals surface area (Å²) in [5.74, 6) is 2.67. The maximum atomic E-state index is 8.94. The van der Waals surface area contributed by atoms with E-state index in [0.29, 0.717) is 5.82 Å². The molecule has 1 aromatic heterocycles. The summed E-state index contributed by atoms with van der Waals surface area (Å²) in [4.78, 5) is 8.61. The molecule has 0 bridgehead atoms. The van der Waals surface area contributed by atoms with E-state index in [4.69, 9.17) is 10.8 Å². The zero-order valence-electron chi connectivity index (χ0n) is 9.97. The summed E-state index contributed by atoms with van der Waals surface area (Å²) >= 11 is 1.61. The molecule has 0 amide bonds. The quantitative estimate of drug-likeness (QED) is 0.608. The molecule has 0 aliphatic heterocycles. The summed E-state index contributed by atoms with van der Waals surface area (Å²) in [5, 5.41) is 9.83. The van der Waals surface area contributed by atoms with Gasteiger partial charge in [0.2, 0.25) is 0 Å². The van der Waals surface area contributed by atoms with Crippen molar-refractivity contribution in [1.29, 1.82) is 0 Å². The number of hydrogen-bond donors (Lipinski definition) is 2. The summed E-state index contributed by atoms with van der Waals surface area (Å²) < 4.78 is 0. The third-order valence-electron chi connectivity index (χ3n) is 2.08. The largest absolute Gasteiger partial charge is 0.396 e. The first-order valence-electron chi connectivity index (χ1n) is 5.41. The molecule has 0 aromatic carbocycles. The first kappa shape index (κ1) is 13.3. The van der Waals surface area contributed by atoms with E-state index >= 15 is 0 Å². The van der Waals surface area contributed by atoms with Crippen molar-refractivity contribution in [2.24, 2.45) is 5.92 Å². The molecular weight excluding hydrogens is 222 g/mol. The van der Waals surface area contributed by atoms with Crippen LogP contribution in [0.25, 0.3) is 0 Å². The topological polar surface area (TPSA) is 72.0 Å². The van der Waals surface area contributed by atoms with Crippen molar-refractivity contribution in [2.45, 2.75) is 31.7 Å². The second-order valence-corrected chi connectivity index (χ2v) is 5.28. The van der Waals surface area contributed by atoms with Crippen LogP contribution >= 0.6 is 11.8 Å². The van der Waals surface area contributed by atoms with Crippen molar-refractivity contribution in [3.05, 3.63) is 11.9 Å². The molecule has 0 radical (unpaired) electrons. The molecular formula is C11H19N3OS. The summed E-state index contributed by atoms with van der Waals surface area (Å²) in [6.45, 7) is 6.28. The summed E-state index contributed by atoms with van der Waals surface area (Å²) in [6.07, 6.45) is 0. The van der Waals surface area contributed by atoms with Crippen molar-refractivity contribution >= 4 is 17.6 Å². The van der Waals surface area contributed by atoms with E-state index in [9.17, 15) is 0 Å². The van der Waals surface area contributed by atoms with Gasteiger partial charge in [-0.2, -0.15) is 0 Å². The molecule has 1 rings (SSSR count). The predicted octanol–water partition coefficient (Wildman–Crippen LogP) is 1.90. The molecule has 1 aromatic rings. The molecule has 16 heavy (non-hydrogen) atoms. The van der Waals surface area contributed by atoms with Gasteiger partial charge in [0.25, 0.3) is 0 Å². The van der Waals surface area contributed by atoms with E-state index in [0.717, 1.165) is 16.6 Å². The Hall–Kier alpha value is -0.810. The number of anilines is 1. The van der Waals surface area contributed by atoms with E-state index < -0.39 is 0 Å². The van der Waals surface area contributed by atoms with E-state index in [1.165, 1.54) is 0 Å². The highest BCUT2D eigenvalue weighted by atomic mass is 32.2. The minimum absolute atomic E-state index is 0.199. The molecule has 4 nitrogen and oxygen atoms in total. The van der Waals surface area contributed by atoms with Crippen LogP contribution < -0.4 is 5.73 Å². The van der Waals surface area contributed by atoms with Crippen molar-refractivity contribution in [1.82, 2.24) is 9.97 Å². The first-order valence-corrected chi connectivity index (χ1v) is 6.39. The number of thioether (sulfide) groups is 1. The maximum absolute atomic E-state index is 8.94. The average Bonchev–Trinajstić information content (AvgIpc) is 2.25. The Morgan fingerprint density at radius 2 is 2.06 bits per heavy atom. The lowest BCUT2D eigenvalue weighted by Crippen LogP contribution is -2.06. The number of nitrogen functional groups attached to an aromatic ring is 1. The summed E-state index contributed by atoms with van der Waals surface area (Å²) in [7, 11) is 0. The van der Waals surface area contributed by atoms with Crippen LogP contribution in [-0.4, -0.2) is 27.4 Å². The molecule has 1 heterocycles. The van der Waals surface area contributed by atoms with Gasteiger partial charge in [-0.05, 0) is 5.92 Å². The highest BCUT2D eigenvalue weighted by Gasteiger charge is 2.08. The van der Waals surface area contributed by atoms with Crippen LogP contribution in [0.15, 0.2) is 11.1 Å². The normalized spacial score (nSPS) is 13.1. The number of aliphatic hydroxyl groups is 1. The highest BCUT2D eigenvalue weighted by molar-refractivity contribution is 7.99. The number of aliphatic hydroxyl groups excluding tert-OH is 1. The third-order valence-corrected chi connectivity index (χ3v) is 3.32. The molecule has 3 N–H and O–H groups in total. The number of aromatic nitrogens is 2. The monoisotopic (exact) mass is 241 g/mol. The Bertz CT molecular complexity index is 344. The maximum Gasteiger partial charge on any atom is 0.134 e. The molecule has 90 valence electrons. The van der Waals surface area contributed by atoms with E-state index in [-0.39, 0.29) is 18.4 Å². The molecule has 1 unspecified atom stereocenters. The van der Waals surface area contributed by atoms with E-state index in [1.807, 2.05) is 20.8 Å². The molecule has 0 spiro atoms. The van der Waals surface area contributed by atoms with Gasteiger partial charge in [0.05, 0.1) is 0 Å². The van der Waals surface area contributed by atoms with E-state index in [2.05, 4.69) is 9.97 Å². The molecule has 5 heteroatoms. The van der Waals surface area contributed by atoms with Crippen molar-refractivity contribution < 1.29 is 5.11 Å². The van der Waals surface area contributed by atoms with Crippen LogP contribution in [0.4, 0.5) is 5.82 Å². The van der Waals surface area contributed by atoms with Gasteiger partial charge in [-0.25, -0.2) is 9.97 Å². The molecule has 0 fully saturated rings. The molecule has 0 aliphatic rings. The van der Waals surface area contributed by atoms with E-state index in [1.54, 1.807) is 17.8 Å². The van der Waals surface area contributed by atoms with Crippen molar-refractivity contribution in [3.8, 4) is 0 Å². The van der Waals surface area contributed by atoms with Crippen LogP contribution in [0, 0.1) is 5.92 Å². The fourth-order valence-corrected chi connectivity index (χ4v) is 2.00. The van der Waals surface area contributed by atoms with Crippen LogP contribution in [-0.2, 0) is 0 Å². The average molecular weight is 241 g/mol. The number of nitrogens with two attached hydrogens (primary N) is 1. The Morgan fingerprint density at radius 1 is 1.38 bits per heavy atom. The van der Waals surface area contributed by atoms with Gasteiger partial charge in [0.15, 0.2) is 0 Å². The molecule has 0 aliphatic carbocycles. The van der Waals surface area contributed by atoms with Crippen molar-refractivity contribution in [2.75, 3.05) is 18.1 Å². The fourth-order valence-electron chi connectivity index (χ4n) is 1.07. The lowest BCUT2D eigenvalue weighted by Gasteiger charge is -2.09. The van der Waals surface area contributed by atoms with Gasteiger partial charge in [-0.3, -0.25) is 0 Å². The Kier molecular flexibility index (Phi) is 5.02. The van der Waals surface area contributed by atoms with Gasteiger partial charge < -0.3 is 10.8 Å². The minimum Gasteiger partial charge on any atom is -0.396 e. The number of nitrogens with zero attached hydrogens (tertiary/aromatic N) is 2. The van der Waals surface area contributed by atoms with Crippen LogP contribution in [0.2, 0.25) is 0 Å². The third kappa shape index (κ3) is 3.98. The Morgan fingerprint density at radius 3 is 2.62 bits per heavy atom. The zero-order chi connectivity index (χ0) is 12.1. The standard InChI is InChI=1S/C11H19N3OS/c1-7(2)11-13-9(12)4-10(14-11)16-6-8(3)5-15/h4,7-8,15H,5-6H2,1-3H3,(H2,12,13,14). The second kappa shape index (κ2) is 6.06. The van der Waals surface area contributed by atoms with Crippen molar-refractivity contribution in [3.63, 3.8) is 0 Å². The Balaban J connectivity index is 2.72. The van der Waals surface area contributed by atoms with Crippen LogP contribution in [0.1, 0.15) is 32.5 Å². The Labute approximate surface area is 101 Å². The number of rotatable bonds is 5. The summed E-state index contributed by atoms with van der Waals surface area (Å²) in [6, 6.07) is 1.78. The van der Waals surface area contributed by atoms with Gasteiger partial charge >= 0.3 is 0 Å². The molecule has 0 saturated heterocycles. The van der Waals surface area contributed by atoms with Gasteiger partial charge in [-0.15, -0.1) is 11.8 Å². The smallest absolute Gasteiger partial charge is 0.134 e. The molecule has 1 atom stereocenters. The lowest BCUT2D eigenvalue weighted by atomic mass is 10.2. The van der Waals surface area contributed by atoms with Gasteiger partial charge in [0.1, 0.15) is 16.7 Å². The van der Waals surface area contributed by atoms with Crippen LogP contribution in [0.5, 0.6) is 0 Å². The fraction of sp³-hybridized carbons (Fsp3) is 0.636.